The molecular formula is C13H17FN2O3. The van der Waals surface area contributed by atoms with Crippen molar-refractivity contribution in [1.82, 2.24) is 4.90 Å². The van der Waals surface area contributed by atoms with Gasteiger partial charge in [-0.15, -0.1) is 0 Å². The standard InChI is InChI=1S/C13H17FN2O3/c1-3-4-7-16(2)13(19)15-11-6-5-9(12(17)18)8-10(11)14/h5-6,8H,3-4,7H2,1-2H3,(H,15,19)(H,17,18). The van der Waals surface area contributed by atoms with E-state index in [0.717, 1.165) is 18.9 Å². The van der Waals surface area contributed by atoms with Gasteiger partial charge in [0.05, 0.1) is 11.3 Å². The Hall–Kier alpha value is -2.11. The van der Waals surface area contributed by atoms with Crippen molar-refractivity contribution in [3.05, 3.63) is 29.6 Å². The molecule has 1 aromatic carbocycles. The highest BCUT2D eigenvalue weighted by Gasteiger charge is 2.13. The number of halogens is 1. The Labute approximate surface area is 111 Å². The monoisotopic (exact) mass is 268 g/mol. The number of benzene rings is 1. The summed E-state index contributed by atoms with van der Waals surface area (Å²) in [4.78, 5) is 23.8. The van der Waals surface area contributed by atoms with Crippen molar-refractivity contribution in [2.24, 2.45) is 0 Å². The Balaban J connectivity index is 2.72. The molecule has 0 bridgehead atoms. The first-order valence-electron chi connectivity index (χ1n) is 6.00. The molecule has 104 valence electrons. The Kier molecular flexibility index (Phi) is 5.29. The molecule has 0 spiro atoms. The number of urea groups is 1. The highest BCUT2D eigenvalue weighted by molar-refractivity contribution is 5.91. The molecule has 0 unspecified atom stereocenters. The highest BCUT2D eigenvalue weighted by Crippen LogP contribution is 2.16. The Morgan fingerprint density at radius 2 is 2.11 bits per heavy atom. The van der Waals surface area contributed by atoms with Gasteiger partial charge in [0.1, 0.15) is 5.82 Å². The van der Waals surface area contributed by atoms with E-state index in [1.807, 2.05) is 6.92 Å². The van der Waals surface area contributed by atoms with Crippen LogP contribution in [0.15, 0.2) is 18.2 Å². The minimum atomic E-state index is -1.21. The predicted octanol–water partition coefficient (Wildman–Crippen LogP) is 2.79. The molecule has 5 nitrogen and oxygen atoms in total. The molecule has 0 radical (unpaired) electrons. The molecule has 2 N–H and O–H groups in total. The number of carbonyl (C=O) groups is 2. The van der Waals surface area contributed by atoms with E-state index in [0.29, 0.717) is 6.54 Å². The number of amides is 2. The molecule has 1 aromatic rings. The van der Waals surface area contributed by atoms with Gasteiger partial charge in [-0.3, -0.25) is 0 Å². The number of nitrogens with zero attached hydrogens (tertiary/aromatic N) is 1. The molecule has 0 atom stereocenters. The van der Waals surface area contributed by atoms with Crippen molar-refractivity contribution in [3.63, 3.8) is 0 Å². The summed E-state index contributed by atoms with van der Waals surface area (Å²) in [5.41, 5.74) is -0.187. The average molecular weight is 268 g/mol. The van der Waals surface area contributed by atoms with E-state index in [4.69, 9.17) is 5.11 Å². The van der Waals surface area contributed by atoms with Crippen molar-refractivity contribution in [1.29, 1.82) is 0 Å². The molecule has 0 aromatic heterocycles. The number of rotatable bonds is 5. The minimum absolute atomic E-state index is 0.0293. The van der Waals surface area contributed by atoms with Crippen LogP contribution in [0.25, 0.3) is 0 Å². The average Bonchev–Trinajstić information content (AvgIpc) is 2.37. The molecule has 0 fully saturated rings. The predicted molar refractivity (Wildman–Crippen MR) is 69.9 cm³/mol. The molecule has 0 aliphatic heterocycles. The van der Waals surface area contributed by atoms with E-state index in [-0.39, 0.29) is 11.3 Å². The van der Waals surface area contributed by atoms with E-state index in [2.05, 4.69) is 5.32 Å². The van der Waals surface area contributed by atoms with Crippen LogP contribution in [0.4, 0.5) is 14.9 Å². The number of anilines is 1. The normalized spacial score (nSPS) is 10.1. The maximum absolute atomic E-state index is 13.6. The van der Waals surface area contributed by atoms with Crippen LogP contribution >= 0.6 is 0 Å². The van der Waals surface area contributed by atoms with Gasteiger partial charge >= 0.3 is 12.0 Å². The van der Waals surface area contributed by atoms with Gasteiger partial charge in [-0.1, -0.05) is 13.3 Å². The van der Waals surface area contributed by atoms with E-state index in [1.54, 1.807) is 7.05 Å². The lowest BCUT2D eigenvalue weighted by atomic mass is 10.2. The van der Waals surface area contributed by atoms with Crippen LogP contribution < -0.4 is 5.32 Å². The van der Waals surface area contributed by atoms with Crippen molar-refractivity contribution >= 4 is 17.7 Å². The Morgan fingerprint density at radius 1 is 1.42 bits per heavy atom. The van der Waals surface area contributed by atoms with Crippen LogP contribution in [0.3, 0.4) is 0 Å². The first-order valence-corrected chi connectivity index (χ1v) is 6.00. The number of carbonyl (C=O) groups excluding carboxylic acids is 1. The summed E-state index contributed by atoms with van der Waals surface area (Å²) in [5.74, 6) is -1.98. The topological polar surface area (TPSA) is 69.6 Å². The molecular weight excluding hydrogens is 251 g/mol. The fourth-order valence-corrected chi connectivity index (χ4v) is 1.46. The quantitative estimate of drug-likeness (QED) is 0.862. The van der Waals surface area contributed by atoms with Crippen LogP contribution in [0.5, 0.6) is 0 Å². The van der Waals surface area contributed by atoms with Crippen LogP contribution in [-0.2, 0) is 0 Å². The third-order valence-electron chi connectivity index (χ3n) is 2.65. The maximum atomic E-state index is 13.6. The van der Waals surface area contributed by atoms with Crippen LogP contribution in [0.1, 0.15) is 30.1 Å². The molecule has 0 aliphatic carbocycles. The smallest absolute Gasteiger partial charge is 0.335 e. The molecule has 0 saturated heterocycles. The van der Waals surface area contributed by atoms with Gasteiger partial charge in [0.15, 0.2) is 0 Å². The molecule has 1 rings (SSSR count). The lowest BCUT2D eigenvalue weighted by molar-refractivity contribution is 0.0696. The van der Waals surface area contributed by atoms with Crippen molar-refractivity contribution in [2.45, 2.75) is 19.8 Å². The second-order valence-electron chi connectivity index (χ2n) is 4.21. The maximum Gasteiger partial charge on any atom is 0.335 e. The fraction of sp³-hybridized carbons (Fsp3) is 0.385. The zero-order valence-electron chi connectivity index (χ0n) is 10.9. The van der Waals surface area contributed by atoms with Gasteiger partial charge in [0.25, 0.3) is 0 Å². The van der Waals surface area contributed by atoms with Crippen molar-refractivity contribution in [2.75, 3.05) is 18.9 Å². The third kappa shape index (κ3) is 4.24. The summed E-state index contributed by atoms with van der Waals surface area (Å²) in [6.07, 6.45) is 1.82. The van der Waals surface area contributed by atoms with Crippen LogP contribution in [0, 0.1) is 5.82 Å². The Morgan fingerprint density at radius 3 is 2.63 bits per heavy atom. The minimum Gasteiger partial charge on any atom is -0.478 e. The zero-order valence-corrected chi connectivity index (χ0v) is 10.9. The largest absolute Gasteiger partial charge is 0.478 e. The number of unbranched alkanes of at least 4 members (excludes halogenated alkanes) is 1. The van der Waals surface area contributed by atoms with Gasteiger partial charge in [0, 0.05) is 13.6 Å². The number of carboxylic acid groups (broad SMARTS) is 1. The Bertz CT molecular complexity index is 477. The third-order valence-corrected chi connectivity index (χ3v) is 2.65. The summed E-state index contributed by atoms with van der Waals surface area (Å²) in [6, 6.07) is 2.94. The second-order valence-corrected chi connectivity index (χ2v) is 4.21. The number of aromatic carboxylic acids is 1. The summed E-state index contributed by atoms with van der Waals surface area (Å²) in [5, 5.41) is 11.1. The summed E-state index contributed by atoms with van der Waals surface area (Å²) < 4.78 is 13.6. The van der Waals surface area contributed by atoms with Gasteiger partial charge in [0.2, 0.25) is 0 Å². The SMILES string of the molecule is CCCCN(C)C(=O)Nc1ccc(C(=O)O)cc1F. The number of carboxylic acids is 1. The zero-order chi connectivity index (χ0) is 14.4. The molecule has 0 heterocycles. The second kappa shape index (κ2) is 6.72. The fourth-order valence-electron chi connectivity index (χ4n) is 1.46. The van der Waals surface area contributed by atoms with Gasteiger partial charge in [-0.2, -0.15) is 0 Å². The summed E-state index contributed by atoms with van der Waals surface area (Å²) >= 11 is 0. The number of nitrogens with one attached hydrogen (secondary N) is 1. The number of hydrogen-bond donors (Lipinski definition) is 2. The molecule has 0 saturated carbocycles. The van der Waals surface area contributed by atoms with Gasteiger partial charge in [-0.25, -0.2) is 14.0 Å². The van der Waals surface area contributed by atoms with Gasteiger partial charge < -0.3 is 15.3 Å². The molecule has 2 amide bonds. The van der Waals surface area contributed by atoms with E-state index in [9.17, 15) is 14.0 Å². The van der Waals surface area contributed by atoms with Gasteiger partial charge in [-0.05, 0) is 24.6 Å². The summed E-state index contributed by atoms with van der Waals surface area (Å²) in [7, 11) is 1.62. The molecule has 0 aliphatic rings. The van der Waals surface area contributed by atoms with E-state index in [1.165, 1.54) is 17.0 Å². The van der Waals surface area contributed by atoms with Crippen LogP contribution in [-0.4, -0.2) is 35.6 Å². The van der Waals surface area contributed by atoms with E-state index >= 15 is 0 Å². The molecule has 6 heteroatoms. The number of hydrogen-bond acceptors (Lipinski definition) is 2. The highest BCUT2D eigenvalue weighted by atomic mass is 19.1. The first-order chi connectivity index (χ1) is 8.95. The first kappa shape index (κ1) is 14.9. The van der Waals surface area contributed by atoms with Crippen molar-refractivity contribution < 1.29 is 19.1 Å². The summed E-state index contributed by atoms with van der Waals surface area (Å²) in [6.45, 7) is 2.59. The molecule has 19 heavy (non-hydrogen) atoms. The lowest BCUT2D eigenvalue weighted by Gasteiger charge is -2.17. The van der Waals surface area contributed by atoms with Crippen LogP contribution in [0.2, 0.25) is 0 Å². The van der Waals surface area contributed by atoms with E-state index < -0.39 is 17.8 Å². The van der Waals surface area contributed by atoms with Crippen molar-refractivity contribution in [3.8, 4) is 0 Å². The lowest BCUT2D eigenvalue weighted by Crippen LogP contribution is -2.32.